The number of carbonyl (C=O) groups is 1. The fourth-order valence-corrected chi connectivity index (χ4v) is 10.6. The van der Waals surface area contributed by atoms with Crippen LogP contribution >= 0.6 is 0 Å². The van der Waals surface area contributed by atoms with E-state index in [9.17, 15) is 4.79 Å². The molecule has 2 nitrogen and oxygen atoms in total. The molecule has 0 saturated heterocycles. The van der Waals surface area contributed by atoms with Gasteiger partial charge in [-0.05, 0) is 115 Å². The maximum Gasteiger partial charge on any atom is 0.302 e. The first-order valence-corrected chi connectivity index (χ1v) is 14.8. The molecule has 0 aromatic rings. The highest BCUT2D eigenvalue weighted by Gasteiger charge is 2.63. The molecular weight excluding hydrogens is 416 g/mol. The zero-order chi connectivity index (χ0) is 24.6. The molecule has 0 amide bonds. The van der Waals surface area contributed by atoms with E-state index >= 15 is 0 Å². The van der Waals surface area contributed by atoms with Gasteiger partial charge in [0.25, 0.3) is 0 Å². The van der Waals surface area contributed by atoms with Crippen LogP contribution in [-0.2, 0) is 9.53 Å². The average molecular weight is 469 g/mol. The lowest BCUT2D eigenvalue weighted by atomic mass is 9.47. The minimum Gasteiger partial charge on any atom is -0.462 e. The summed E-state index contributed by atoms with van der Waals surface area (Å²) >= 11 is 0. The molecule has 0 heterocycles. The van der Waals surface area contributed by atoms with Crippen molar-refractivity contribution in [3.05, 3.63) is 11.6 Å². The van der Waals surface area contributed by atoms with Crippen molar-refractivity contribution in [2.45, 2.75) is 119 Å². The molecule has 0 aromatic heterocycles. The molecule has 0 bridgehead atoms. The molecule has 5 aliphatic carbocycles. The predicted octanol–water partition coefficient (Wildman–Crippen LogP) is 8.45. The molecule has 5 aliphatic rings. The van der Waals surface area contributed by atoms with Gasteiger partial charge in [0, 0.05) is 13.3 Å². The Morgan fingerprint density at radius 1 is 0.971 bits per heavy atom. The molecule has 4 fully saturated rings. The molecule has 0 N–H and O–H groups in total. The molecule has 0 radical (unpaired) electrons. The number of hydrogen-bond donors (Lipinski definition) is 0. The zero-order valence-electron chi connectivity index (χ0n) is 23.5. The summed E-state index contributed by atoms with van der Waals surface area (Å²) in [6.07, 6.45) is 14.5. The second-order valence-corrected chi connectivity index (χ2v) is 14.7. The first kappa shape index (κ1) is 24.9. The van der Waals surface area contributed by atoms with Gasteiger partial charge in [-0.2, -0.15) is 0 Å². The summed E-state index contributed by atoms with van der Waals surface area (Å²) in [4.78, 5) is 11.5. The van der Waals surface area contributed by atoms with E-state index < -0.39 is 0 Å². The van der Waals surface area contributed by atoms with E-state index in [1.807, 2.05) is 0 Å². The maximum absolute atomic E-state index is 11.5. The lowest BCUT2D eigenvalue weighted by molar-refractivity contribution is -0.148. The number of esters is 1. The van der Waals surface area contributed by atoms with Crippen molar-refractivity contribution in [2.24, 2.45) is 63.6 Å². The van der Waals surface area contributed by atoms with Crippen LogP contribution in [0, 0.1) is 63.6 Å². The van der Waals surface area contributed by atoms with Crippen LogP contribution in [0.2, 0.25) is 0 Å². The smallest absolute Gasteiger partial charge is 0.302 e. The van der Waals surface area contributed by atoms with Crippen molar-refractivity contribution in [3.63, 3.8) is 0 Å². The van der Waals surface area contributed by atoms with Crippen molar-refractivity contribution in [1.29, 1.82) is 0 Å². The monoisotopic (exact) mass is 468 g/mol. The first-order valence-electron chi connectivity index (χ1n) is 14.8. The summed E-state index contributed by atoms with van der Waals surface area (Å²) in [5.74, 6) is 6.87. The van der Waals surface area contributed by atoms with Crippen molar-refractivity contribution in [2.75, 3.05) is 0 Å². The van der Waals surface area contributed by atoms with Gasteiger partial charge in [0.15, 0.2) is 0 Å². The Morgan fingerprint density at radius 2 is 1.71 bits per heavy atom. The third-order valence-corrected chi connectivity index (χ3v) is 13.1. The van der Waals surface area contributed by atoms with Gasteiger partial charge in [0.1, 0.15) is 6.10 Å². The quantitative estimate of drug-likeness (QED) is 0.299. The second-order valence-electron chi connectivity index (χ2n) is 14.7. The Balaban J connectivity index is 1.32. The third-order valence-electron chi connectivity index (χ3n) is 13.1. The summed E-state index contributed by atoms with van der Waals surface area (Å²) < 4.78 is 5.64. The maximum atomic E-state index is 11.5. The standard InChI is InChI=1S/C32H52O2/c1-19(2)21(4)32(8)18-29(32)20(3)26-11-12-27-25-10-9-23-17-24(34-22(5)33)13-15-30(23,6)28(25)14-16-31(26,27)7/h9,19-21,24-29H,10-18H2,1-8H3/t20-,21?,24-,25-,26+,27-,28-,29+,30-,31+,32+/m0/s1. The van der Waals surface area contributed by atoms with Gasteiger partial charge < -0.3 is 4.74 Å². The normalized spacial score (nSPS) is 49.4. The van der Waals surface area contributed by atoms with Gasteiger partial charge in [-0.1, -0.05) is 60.1 Å². The Bertz CT molecular complexity index is 842. The number of ether oxygens (including phenoxy) is 1. The minimum absolute atomic E-state index is 0.111. The van der Waals surface area contributed by atoms with Gasteiger partial charge in [-0.3, -0.25) is 4.79 Å². The van der Waals surface area contributed by atoms with Crippen molar-refractivity contribution in [3.8, 4) is 0 Å². The molecule has 0 spiro atoms. The van der Waals surface area contributed by atoms with Crippen LogP contribution in [0.15, 0.2) is 11.6 Å². The Kier molecular flexibility index (Phi) is 6.13. The summed E-state index contributed by atoms with van der Waals surface area (Å²) in [6, 6.07) is 0. The SMILES string of the molecule is CC(=O)O[C@H]1CC[C@@]2(C)C(=CC[C@H]3[C@@H]4CC[C@H]([C@H](C)[C@H]5C[C@]5(C)C(C)C(C)C)[C@@]4(C)CC[C@@H]32)C1. The zero-order valence-corrected chi connectivity index (χ0v) is 23.5. The number of allylic oxidation sites excluding steroid dienone is 1. The van der Waals surface area contributed by atoms with Crippen LogP contribution in [0.5, 0.6) is 0 Å². The van der Waals surface area contributed by atoms with Gasteiger partial charge in [0.2, 0.25) is 0 Å². The van der Waals surface area contributed by atoms with E-state index in [4.69, 9.17) is 4.74 Å². The predicted molar refractivity (Wildman–Crippen MR) is 140 cm³/mol. The van der Waals surface area contributed by atoms with Crippen molar-refractivity contribution < 1.29 is 9.53 Å². The molecule has 4 saturated carbocycles. The van der Waals surface area contributed by atoms with E-state index in [2.05, 4.69) is 54.5 Å². The summed E-state index contributed by atoms with van der Waals surface area (Å²) in [7, 11) is 0. The van der Waals surface area contributed by atoms with E-state index in [0.717, 1.165) is 60.2 Å². The van der Waals surface area contributed by atoms with Gasteiger partial charge in [-0.15, -0.1) is 0 Å². The lowest BCUT2D eigenvalue weighted by Crippen LogP contribution is -2.51. The Labute approximate surface area is 210 Å². The van der Waals surface area contributed by atoms with E-state index in [1.165, 1.54) is 44.9 Å². The van der Waals surface area contributed by atoms with E-state index in [0.29, 0.717) is 16.2 Å². The second kappa shape index (κ2) is 8.37. The highest BCUT2D eigenvalue weighted by Crippen LogP contribution is 2.71. The molecule has 1 unspecified atom stereocenters. The molecule has 0 aromatic carbocycles. The number of rotatable bonds is 5. The topological polar surface area (TPSA) is 26.3 Å². The van der Waals surface area contributed by atoms with Gasteiger partial charge >= 0.3 is 5.97 Å². The fourth-order valence-electron chi connectivity index (χ4n) is 10.6. The average Bonchev–Trinajstić information content (AvgIpc) is 3.34. The van der Waals surface area contributed by atoms with Crippen LogP contribution in [0.4, 0.5) is 0 Å². The molecule has 5 rings (SSSR count). The Hall–Kier alpha value is -0.790. The molecule has 11 atom stereocenters. The molecule has 0 aliphatic heterocycles. The van der Waals surface area contributed by atoms with Crippen LogP contribution < -0.4 is 0 Å². The van der Waals surface area contributed by atoms with E-state index in [-0.39, 0.29) is 12.1 Å². The number of carbonyl (C=O) groups excluding carboxylic acids is 1. The van der Waals surface area contributed by atoms with Gasteiger partial charge in [-0.25, -0.2) is 0 Å². The Morgan fingerprint density at radius 3 is 2.38 bits per heavy atom. The molecule has 34 heavy (non-hydrogen) atoms. The van der Waals surface area contributed by atoms with Gasteiger partial charge in [0.05, 0.1) is 0 Å². The summed E-state index contributed by atoms with van der Waals surface area (Å²) in [5, 5.41) is 0. The number of fused-ring (bicyclic) bond motifs is 5. The molecular formula is C32H52O2. The van der Waals surface area contributed by atoms with Crippen LogP contribution in [0.3, 0.4) is 0 Å². The van der Waals surface area contributed by atoms with E-state index in [1.54, 1.807) is 12.5 Å². The largest absolute Gasteiger partial charge is 0.462 e. The fraction of sp³-hybridized carbons (Fsp3) is 0.906. The number of hydrogen-bond acceptors (Lipinski definition) is 2. The highest BCUT2D eigenvalue weighted by atomic mass is 16.5. The molecule has 2 heteroatoms. The summed E-state index contributed by atoms with van der Waals surface area (Å²) in [6.45, 7) is 19.5. The van der Waals surface area contributed by atoms with Crippen molar-refractivity contribution in [1.82, 2.24) is 0 Å². The highest BCUT2D eigenvalue weighted by molar-refractivity contribution is 5.66. The van der Waals surface area contributed by atoms with Crippen LogP contribution in [0.1, 0.15) is 113 Å². The first-order chi connectivity index (χ1) is 15.9. The third kappa shape index (κ3) is 3.66. The summed E-state index contributed by atoms with van der Waals surface area (Å²) in [5.41, 5.74) is 3.08. The molecule has 192 valence electrons. The minimum atomic E-state index is -0.114. The van der Waals surface area contributed by atoms with Crippen LogP contribution in [0.25, 0.3) is 0 Å². The lowest BCUT2D eigenvalue weighted by Gasteiger charge is -2.58. The van der Waals surface area contributed by atoms with Crippen LogP contribution in [-0.4, -0.2) is 12.1 Å². The van der Waals surface area contributed by atoms with Crippen molar-refractivity contribution >= 4 is 5.97 Å².